The molecule has 0 spiro atoms. The minimum absolute atomic E-state index is 0.0406. The topological polar surface area (TPSA) is 42.7 Å². The molecule has 0 radical (unpaired) electrons. The second kappa shape index (κ2) is 6.26. The van der Waals surface area contributed by atoms with Crippen molar-refractivity contribution >= 4 is 17.2 Å². The van der Waals surface area contributed by atoms with Crippen LogP contribution in [0.4, 0.5) is 0 Å². The van der Waals surface area contributed by atoms with Crippen molar-refractivity contribution in [2.45, 2.75) is 44.9 Å². The molecule has 0 saturated carbocycles. The van der Waals surface area contributed by atoms with Gasteiger partial charge >= 0.3 is 0 Å². The maximum Gasteiger partial charge on any atom is 0.290 e. The van der Waals surface area contributed by atoms with E-state index in [0.29, 0.717) is 18.9 Å². The molecule has 0 aliphatic carbocycles. The molecule has 1 atom stereocenters. The Bertz CT molecular complexity index is 604. The van der Waals surface area contributed by atoms with Crippen LogP contribution in [0, 0.1) is 0 Å². The monoisotopic (exact) mass is 319 g/mol. The predicted molar refractivity (Wildman–Crippen MR) is 86.0 cm³/mol. The highest BCUT2D eigenvalue weighted by molar-refractivity contribution is 7.09. The zero-order chi connectivity index (χ0) is 15.6. The van der Waals surface area contributed by atoms with Gasteiger partial charge in [-0.2, -0.15) is 0 Å². The first-order valence-electron chi connectivity index (χ1n) is 7.56. The standard InChI is InChI=1S/C17H21NO3S/c1-17(2)11-13(7-9-21-17)18(12-14-5-4-10-22-14)16(19)15-6-3-8-20-15/h3-6,8,10,13H,7,9,11-12H2,1-2H3/t13-/m0/s1. The fourth-order valence-electron chi connectivity index (χ4n) is 2.94. The van der Waals surface area contributed by atoms with Gasteiger partial charge in [0.1, 0.15) is 0 Å². The lowest BCUT2D eigenvalue weighted by Crippen LogP contribution is -2.48. The summed E-state index contributed by atoms with van der Waals surface area (Å²) >= 11 is 1.67. The first kappa shape index (κ1) is 15.3. The van der Waals surface area contributed by atoms with Crippen molar-refractivity contribution in [3.05, 3.63) is 46.5 Å². The Morgan fingerprint density at radius 3 is 2.91 bits per heavy atom. The number of hydrogen-bond donors (Lipinski definition) is 0. The van der Waals surface area contributed by atoms with Crippen LogP contribution in [0.2, 0.25) is 0 Å². The molecule has 4 nitrogen and oxygen atoms in total. The van der Waals surface area contributed by atoms with Gasteiger partial charge in [-0.15, -0.1) is 11.3 Å². The van der Waals surface area contributed by atoms with Crippen LogP contribution in [-0.2, 0) is 11.3 Å². The van der Waals surface area contributed by atoms with Crippen LogP contribution < -0.4 is 0 Å². The van der Waals surface area contributed by atoms with Crippen LogP contribution in [0.5, 0.6) is 0 Å². The number of hydrogen-bond acceptors (Lipinski definition) is 4. The normalized spacial score (nSPS) is 20.7. The minimum atomic E-state index is -0.194. The average molecular weight is 319 g/mol. The first-order chi connectivity index (χ1) is 10.6. The maximum atomic E-state index is 12.8. The zero-order valence-electron chi connectivity index (χ0n) is 13.0. The number of thiophene rings is 1. The number of amides is 1. The third-order valence-electron chi connectivity index (χ3n) is 4.01. The molecule has 0 bridgehead atoms. The molecule has 0 unspecified atom stereocenters. The van der Waals surface area contributed by atoms with Gasteiger partial charge in [-0.25, -0.2) is 0 Å². The number of carbonyl (C=O) groups excluding carboxylic acids is 1. The van der Waals surface area contributed by atoms with Crippen molar-refractivity contribution < 1.29 is 13.9 Å². The summed E-state index contributed by atoms with van der Waals surface area (Å²) in [5, 5.41) is 2.04. The van der Waals surface area contributed by atoms with Crippen LogP contribution in [0.15, 0.2) is 40.3 Å². The van der Waals surface area contributed by atoms with Gasteiger partial charge in [0, 0.05) is 17.5 Å². The molecule has 22 heavy (non-hydrogen) atoms. The highest BCUT2D eigenvalue weighted by Gasteiger charge is 2.35. The smallest absolute Gasteiger partial charge is 0.290 e. The van der Waals surface area contributed by atoms with Crippen LogP contribution in [0.1, 0.15) is 42.1 Å². The van der Waals surface area contributed by atoms with E-state index in [2.05, 4.69) is 19.9 Å². The Hall–Kier alpha value is -1.59. The molecule has 0 aromatic carbocycles. The molecule has 0 N–H and O–H groups in total. The van der Waals surface area contributed by atoms with E-state index in [0.717, 1.165) is 12.8 Å². The number of furan rings is 1. The number of ether oxygens (including phenoxy) is 1. The van der Waals surface area contributed by atoms with Gasteiger partial charge in [-0.05, 0) is 50.3 Å². The summed E-state index contributed by atoms with van der Waals surface area (Å²) in [7, 11) is 0. The molecule has 1 fully saturated rings. The molecule has 1 saturated heterocycles. The molecule has 1 aliphatic heterocycles. The van der Waals surface area contributed by atoms with Gasteiger partial charge in [0.05, 0.1) is 18.4 Å². The summed E-state index contributed by atoms with van der Waals surface area (Å²) in [5.41, 5.74) is -0.194. The van der Waals surface area contributed by atoms with E-state index in [1.165, 1.54) is 4.88 Å². The van der Waals surface area contributed by atoms with E-state index in [-0.39, 0.29) is 17.6 Å². The van der Waals surface area contributed by atoms with E-state index in [1.807, 2.05) is 16.3 Å². The molecular formula is C17H21NO3S. The molecular weight excluding hydrogens is 298 g/mol. The Morgan fingerprint density at radius 2 is 2.27 bits per heavy atom. The number of rotatable bonds is 4. The van der Waals surface area contributed by atoms with Gasteiger partial charge in [-0.1, -0.05) is 6.07 Å². The summed E-state index contributed by atoms with van der Waals surface area (Å²) in [6.07, 6.45) is 3.25. The molecule has 2 aromatic rings. The predicted octanol–water partition coefficient (Wildman–Crippen LogP) is 3.94. The van der Waals surface area contributed by atoms with Crippen LogP contribution in [-0.4, -0.2) is 29.1 Å². The third-order valence-corrected chi connectivity index (χ3v) is 4.87. The lowest BCUT2D eigenvalue weighted by atomic mass is 9.92. The highest BCUT2D eigenvalue weighted by Crippen LogP contribution is 2.30. The molecule has 3 heterocycles. The Balaban J connectivity index is 1.83. The van der Waals surface area contributed by atoms with E-state index in [4.69, 9.17) is 9.15 Å². The molecule has 3 rings (SSSR count). The van der Waals surface area contributed by atoms with Gasteiger partial charge in [0.15, 0.2) is 5.76 Å². The Labute approximate surface area is 134 Å². The van der Waals surface area contributed by atoms with Crippen molar-refractivity contribution in [2.75, 3.05) is 6.61 Å². The van der Waals surface area contributed by atoms with Gasteiger partial charge in [0.25, 0.3) is 5.91 Å². The quantitative estimate of drug-likeness (QED) is 0.857. The lowest BCUT2D eigenvalue weighted by Gasteiger charge is -2.41. The third kappa shape index (κ3) is 3.42. The molecule has 118 valence electrons. The molecule has 1 aliphatic rings. The SMILES string of the molecule is CC1(C)C[C@@H](N(Cc2cccs2)C(=O)c2ccco2)CCO1. The highest BCUT2D eigenvalue weighted by atomic mass is 32.1. The second-order valence-corrected chi connectivity index (χ2v) is 7.28. The largest absolute Gasteiger partial charge is 0.459 e. The van der Waals surface area contributed by atoms with Crippen molar-refractivity contribution in [3.8, 4) is 0 Å². The van der Waals surface area contributed by atoms with E-state index >= 15 is 0 Å². The first-order valence-corrected chi connectivity index (χ1v) is 8.44. The van der Waals surface area contributed by atoms with Gasteiger partial charge < -0.3 is 14.1 Å². The van der Waals surface area contributed by atoms with E-state index in [1.54, 1.807) is 29.7 Å². The van der Waals surface area contributed by atoms with Crippen LogP contribution in [0.3, 0.4) is 0 Å². The molecule has 1 amide bonds. The number of carbonyl (C=O) groups is 1. The summed E-state index contributed by atoms with van der Waals surface area (Å²) in [4.78, 5) is 16.0. The molecule has 2 aromatic heterocycles. The zero-order valence-corrected chi connectivity index (χ0v) is 13.8. The maximum absolute atomic E-state index is 12.8. The van der Waals surface area contributed by atoms with Crippen molar-refractivity contribution in [3.63, 3.8) is 0 Å². The van der Waals surface area contributed by atoms with Crippen molar-refractivity contribution in [2.24, 2.45) is 0 Å². The molecule has 5 heteroatoms. The summed E-state index contributed by atoms with van der Waals surface area (Å²) in [6, 6.07) is 7.74. The Morgan fingerprint density at radius 1 is 1.41 bits per heavy atom. The summed E-state index contributed by atoms with van der Waals surface area (Å²) in [5.74, 6) is 0.363. The lowest BCUT2D eigenvalue weighted by molar-refractivity contribution is -0.0794. The fourth-order valence-corrected chi connectivity index (χ4v) is 3.65. The van der Waals surface area contributed by atoms with E-state index in [9.17, 15) is 4.79 Å². The van der Waals surface area contributed by atoms with Gasteiger partial charge in [0.2, 0.25) is 0 Å². The summed E-state index contributed by atoms with van der Waals surface area (Å²) in [6.45, 7) is 5.47. The van der Waals surface area contributed by atoms with Crippen LogP contribution in [0.25, 0.3) is 0 Å². The minimum Gasteiger partial charge on any atom is -0.459 e. The average Bonchev–Trinajstić information content (AvgIpc) is 3.16. The number of nitrogens with zero attached hydrogens (tertiary/aromatic N) is 1. The fraction of sp³-hybridized carbons (Fsp3) is 0.471. The van der Waals surface area contributed by atoms with Crippen molar-refractivity contribution in [1.82, 2.24) is 4.90 Å². The van der Waals surface area contributed by atoms with Crippen LogP contribution >= 0.6 is 11.3 Å². The van der Waals surface area contributed by atoms with Gasteiger partial charge in [-0.3, -0.25) is 4.79 Å². The van der Waals surface area contributed by atoms with Crippen molar-refractivity contribution in [1.29, 1.82) is 0 Å². The second-order valence-electron chi connectivity index (χ2n) is 6.24. The van der Waals surface area contributed by atoms with E-state index < -0.39 is 0 Å². The Kier molecular flexibility index (Phi) is 4.36. The summed E-state index contributed by atoms with van der Waals surface area (Å²) < 4.78 is 11.1.